The van der Waals surface area contributed by atoms with Crippen LogP contribution in [0.25, 0.3) is 11.6 Å². The summed E-state index contributed by atoms with van der Waals surface area (Å²) >= 11 is 0. The predicted molar refractivity (Wildman–Crippen MR) is 106 cm³/mol. The van der Waals surface area contributed by atoms with Crippen LogP contribution in [0.2, 0.25) is 0 Å². The zero-order valence-electron chi connectivity index (χ0n) is 14.9. The Kier molecular flexibility index (Phi) is 5.61. The van der Waals surface area contributed by atoms with Crippen molar-refractivity contribution in [3.05, 3.63) is 104 Å². The van der Waals surface area contributed by atoms with E-state index < -0.39 is 21.2 Å². The maximum absolute atomic E-state index is 11.2. The molecule has 8 nitrogen and oxygen atoms in total. The molecule has 0 unspecified atom stereocenters. The van der Waals surface area contributed by atoms with E-state index in [-0.39, 0.29) is 5.75 Å². The molecule has 0 N–H and O–H groups in total. The van der Waals surface area contributed by atoms with Crippen LogP contribution in [0.3, 0.4) is 0 Å². The number of nitro groups is 2. The molecule has 3 rings (SSSR count). The van der Waals surface area contributed by atoms with Crippen LogP contribution in [0, 0.1) is 31.6 Å². The molecule has 142 valence electrons. The van der Waals surface area contributed by atoms with Crippen LogP contribution >= 0.6 is 0 Å². The summed E-state index contributed by atoms with van der Waals surface area (Å²) in [7, 11) is 0. The zero-order valence-corrected chi connectivity index (χ0v) is 14.9. The molecule has 0 aromatic heterocycles. The van der Waals surface area contributed by atoms with Crippen molar-refractivity contribution >= 4 is 23.0 Å². The van der Waals surface area contributed by atoms with Crippen LogP contribution in [0.5, 0.6) is 11.5 Å². The summed E-state index contributed by atoms with van der Waals surface area (Å²) in [5.74, 6) is 0.211. The Bertz CT molecular complexity index is 1130. The normalized spacial score (nSPS) is 10.8. The van der Waals surface area contributed by atoms with Gasteiger partial charge in [-0.3, -0.25) is 20.2 Å². The van der Waals surface area contributed by atoms with Crippen LogP contribution in [0.4, 0.5) is 11.4 Å². The van der Waals surface area contributed by atoms with Gasteiger partial charge in [-0.15, -0.1) is 0 Å². The molecule has 0 atom stereocenters. The van der Waals surface area contributed by atoms with Crippen molar-refractivity contribution in [1.82, 2.24) is 0 Å². The number of nitriles is 1. The van der Waals surface area contributed by atoms with E-state index in [1.165, 1.54) is 6.07 Å². The van der Waals surface area contributed by atoms with Gasteiger partial charge in [-0.05, 0) is 35.4 Å². The summed E-state index contributed by atoms with van der Waals surface area (Å²) in [6.45, 7) is 0. The molecule has 0 heterocycles. The van der Waals surface area contributed by atoms with E-state index in [1.807, 2.05) is 30.3 Å². The van der Waals surface area contributed by atoms with Crippen molar-refractivity contribution in [2.24, 2.45) is 0 Å². The summed E-state index contributed by atoms with van der Waals surface area (Å²) in [6.07, 6.45) is 1.72. The van der Waals surface area contributed by atoms with E-state index in [9.17, 15) is 25.5 Å². The Hall–Kier alpha value is -4.51. The molecule has 0 fully saturated rings. The molecule has 0 spiro atoms. The third kappa shape index (κ3) is 4.61. The molecule has 0 aliphatic carbocycles. The second-order valence-electron chi connectivity index (χ2n) is 5.87. The smallest absolute Gasteiger partial charge is 0.318 e. The Morgan fingerprint density at radius 2 is 1.62 bits per heavy atom. The Morgan fingerprint density at radius 1 is 0.931 bits per heavy atom. The van der Waals surface area contributed by atoms with Gasteiger partial charge in [-0.2, -0.15) is 5.26 Å². The van der Waals surface area contributed by atoms with Crippen LogP contribution in [0.1, 0.15) is 11.1 Å². The number of rotatable bonds is 6. The van der Waals surface area contributed by atoms with Crippen LogP contribution in [-0.4, -0.2) is 9.85 Å². The summed E-state index contributed by atoms with van der Waals surface area (Å²) in [5, 5.41) is 31.4. The second-order valence-corrected chi connectivity index (χ2v) is 5.87. The van der Waals surface area contributed by atoms with Gasteiger partial charge in [-0.1, -0.05) is 42.5 Å². The van der Waals surface area contributed by atoms with E-state index in [2.05, 4.69) is 6.07 Å². The first-order valence-electron chi connectivity index (χ1n) is 8.36. The minimum Gasteiger partial charge on any atom is -0.450 e. The lowest BCUT2D eigenvalue weighted by molar-refractivity contribution is -0.394. The molecule has 8 heteroatoms. The van der Waals surface area contributed by atoms with Crippen molar-refractivity contribution in [2.75, 3.05) is 0 Å². The topological polar surface area (TPSA) is 119 Å². The highest BCUT2D eigenvalue weighted by Gasteiger charge is 2.21. The van der Waals surface area contributed by atoms with Gasteiger partial charge in [0.05, 0.1) is 27.6 Å². The summed E-state index contributed by atoms with van der Waals surface area (Å²) in [4.78, 5) is 20.6. The van der Waals surface area contributed by atoms with Gasteiger partial charge in [0.2, 0.25) is 5.75 Å². The number of nitrogens with zero attached hydrogens (tertiary/aromatic N) is 3. The number of allylic oxidation sites excluding steroid dienone is 1. The first kappa shape index (κ1) is 19.3. The molecule has 3 aromatic carbocycles. The van der Waals surface area contributed by atoms with Gasteiger partial charge >= 0.3 is 5.69 Å². The van der Waals surface area contributed by atoms with E-state index in [1.54, 1.807) is 30.3 Å². The maximum atomic E-state index is 11.2. The average molecular weight is 387 g/mol. The first-order valence-corrected chi connectivity index (χ1v) is 8.36. The molecule has 0 saturated heterocycles. The van der Waals surface area contributed by atoms with E-state index in [0.29, 0.717) is 11.3 Å². The Labute approximate surface area is 165 Å². The molecule has 0 saturated carbocycles. The number of benzene rings is 3. The quantitative estimate of drug-likeness (QED) is 0.243. The van der Waals surface area contributed by atoms with Gasteiger partial charge in [0.25, 0.3) is 5.69 Å². The molecule has 29 heavy (non-hydrogen) atoms. The van der Waals surface area contributed by atoms with Crippen molar-refractivity contribution in [2.45, 2.75) is 0 Å². The standard InChI is InChI=1S/C21H13N3O5/c22-14-17(16-4-2-1-3-5-16)12-15-6-9-19(10-7-15)29-21-11-8-18(23(25)26)13-20(21)24(27)28/h1-13H/b17-12-. The lowest BCUT2D eigenvalue weighted by Crippen LogP contribution is -1.96. The van der Waals surface area contributed by atoms with Gasteiger partial charge in [-0.25, -0.2) is 0 Å². The molecular weight excluding hydrogens is 374 g/mol. The minimum atomic E-state index is -0.738. The highest BCUT2D eigenvalue weighted by atomic mass is 16.6. The lowest BCUT2D eigenvalue weighted by atomic mass is 10.0. The van der Waals surface area contributed by atoms with Gasteiger partial charge in [0.15, 0.2) is 0 Å². The average Bonchev–Trinajstić information content (AvgIpc) is 2.73. The minimum absolute atomic E-state index is 0.106. The molecule has 0 bridgehead atoms. The van der Waals surface area contributed by atoms with Crippen molar-refractivity contribution in [3.8, 4) is 17.6 Å². The number of ether oxygens (including phenoxy) is 1. The molecule has 0 aliphatic rings. The fraction of sp³-hybridized carbons (Fsp3) is 0. The van der Waals surface area contributed by atoms with Gasteiger partial charge in [0, 0.05) is 6.07 Å². The van der Waals surface area contributed by atoms with E-state index in [4.69, 9.17) is 4.74 Å². The lowest BCUT2D eigenvalue weighted by Gasteiger charge is -2.07. The summed E-state index contributed by atoms with van der Waals surface area (Å²) in [5.41, 5.74) is 1.13. The molecular formula is C21H13N3O5. The first-order chi connectivity index (χ1) is 14.0. The van der Waals surface area contributed by atoms with Crippen LogP contribution < -0.4 is 4.74 Å². The fourth-order valence-electron chi connectivity index (χ4n) is 2.57. The van der Waals surface area contributed by atoms with Crippen LogP contribution in [-0.2, 0) is 0 Å². The van der Waals surface area contributed by atoms with E-state index in [0.717, 1.165) is 23.3 Å². The maximum Gasteiger partial charge on any atom is 0.318 e. The highest BCUT2D eigenvalue weighted by molar-refractivity contribution is 5.89. The summed E-state index contributed by atoms with van der Waals surface area (Å²) < 4.78 is 5.53. The number of hydrogen-bond acceptors (Lipinski definition) is 6. The predicted octanol–water partition coefficient (Wildman–Crippen LogP) is 5.36. The number of nitro benzene ring substituents is 2. The molecule has 0 amide bonds. The zero-order chi connectivity index (χ0) is 20.8. The summed E-state index contributed by atoms with van der Waals surface area (Å²) in [6, 6.07) is 21.1. The van der Waals surface area contributed by atoms with Crippen molar-refractivity contribution in [1.29, 1.82) is 5.26 Å². The molecule has 0 radical (unpaired) electrons. The van der Waals surface area contributed by atoms with Crippen molar-refractivity contribution in [3.63, 3.8) is 0 Å². The monoisotopic (exact) mass is 387 g/mol. The third-order valence-corrected chi connectivity index (χ3v) is 3.97. The van der Waals surface area contributed by atoms with Crippen molar-refractivity contribution < 1.29 is 14.6 Å². The number of non-ortho nitro benzene ring substituents is 1. The van der Waals surface area contributed by atoms with Gasteiger partial charge < -0.3 is 4.74 Å². The Morgan fingerprint density at radius 3 is 2.21 bits per heavy atom. The third-order valence-electron chi connectivity index (χ3n) is 3.97. The second kappa shape index (κ2) is 8.45. The van der Waals surface area contributed by atoms with Gasteiger partial charge in [0.1, 0.15) is 5.75 Å². The Balaban J connectivity index is 1.85. The largest absolute Gasteiger partial charge is 0.450 e. The number of hydrogen-bond donors (Lipinski definition) is 0. The molecule has 0 aliphatic heterocycles. The SMILES string of the molecule is N#C/C(=C/c1ccc(Oc2ccc([N+](=O)[O-])cc2[N+](=O)[O-])cc1)c1ccccc1. The van der Waals surface area contributed by atoms with Crippen LogP contribution in [0.15, 0.2) is 72.8 Å². The highest BCUT2D eigenvalue weighted by Crippen LogP contribution is 2.34. The molecule has 3 aromatic rings. The van der Waals surface area contributed by atoms with E-state index >= 15 is 0 Å². The fourth-order valence-corrected chi connectivity index (χ4v) is 2.57.